The van der Waals surface area contributed by atoms with E-state index in [-0.39, 0.29) is 55.7 Å². The van der Waals surface area contributed by atoms with E-state index in [9.17, 15) is 26.9 Å². The molecule has 1 aliphatic heterocycles. The third-order valence-electron chi connectivity index (χ3n) is 4.10. The first-order valence-electron chi connectivity index (χ1n) is 8.58. The van der Waals surface area contributed by atoms with Gasteiger partial charge in [-0.25, -0.2) is 8.42 Å². The number of nitrogens with zero attached hydrogens (tertiary/aromatic N) is 3. The zero-order chi connectivity index (χ0) is 21.7. The Morgan fingerprint density at radius 3 is 2.45 bits per heavy atom. The molecule has 2 rings (SSSR count). The van der Waals surface area contributed by atoms with Crippen molar-refractivity contribution in [1.82, 2.24) is 4.31 Å². The van der Waals surface area contributed by atoms with Crippen molar-refractivity contribution in [2.45, 2.75) is 4.90 Å². The summed E-state index contributed by atoms with van der Waals surface area (Å²) < 4.78 is 60.0. The minimum Gasteiger partial charge on any atom is -0.379 e. The molecule has 0 unspecified atom stereocenters. The van der Waals surface area contributed by atoms with Crippen molar-refractivity contribution >= 4 is 47.4 Å². The molecule has 14 heteroatoms. The second-order valence-electron chi connectivity index (χ2n) is 6.13. The Balaban J connectivity index is 2.46. The van der Waals surface area contributed by atoms with Crippen LogP contribution in [0, 0.1) is 10.1 Å². The highest BCUT2D eigenvalue weighted by molar-refractivity contribution is 9.09. The summed E-state index contributed by atoms with van der Waals surface area (Å²) in [7, 11) is -7.69. The lowest BCUT2D eigenvalue weighted by atomic mass is 10.2. The molecule has 1 aromatic rings. The van der Waals surface area contributed by atoms with Crippen molar-refractivity contribution in [1.29, 1.82) is 0 Å². The monoisotopic (exact) mass is 515 g/mol. The Bertz CT molecular complexity index is 933. The summed E-state index contributed by atoms with van der Waals surface area (Å²) in [6.07, 6.45) is 0.919. The number of hydrogen-bond acceptors (Lipinski definition) is 9. The second kappa shape index (κ2) is 10.1. The fourth-order valence-corrected chi connectivity index (χ4v) is 5.21. The predicted octanol–water partition coefficient (Wildman–Crippen LogP) is 0.793. The quantitative estimate of drug-likeness (QED) is 0.191. The van der Waals surface area contributed by atoms with Crippen molar-refractivity contribution in [2.24, 2.45) is 0 Å². The van der Waals surface area contributed by atoms with Crippen molar-refractivity contribution in [2.75, 3.05) is 62.5 Å². The highest BCUT2D eigenvalue weighted by Gasteiger charge is 2.31. The minimum atomic E-state index is -4.03. The van der Waals surface area contributed by atoms with E-state index < -0.39 is 25.1 Å². The SMILES string of the molecule is CS(=O)(=O)OCCN(CCBr)c1ccc([N+](=O)[O-])cc1S(=O)(=O)N1CCOCC1. The number of alkyl halides is 1. The first-order valence-corrected chi connectivity index (χ1v) is 13.0. The number of rotatable bonds is 10. The molecular formula is C15H22BrN3O8S2. The highest BCUT2D eigenvalue weighted by Crippen LogP contribution is 2.32. The molecular weight excluding hydrogens is 494 g/mol. The van der Waals surface area contributed by atoms with Crippen LogP contribution in [-0.4, -0.2) is 83.6 Å². The number of benzene rings is 1. The van der Waals surface area contributed by atoms with E-state index in [1.165, 1.54) is 16.4 Å². The van der Waals surface area contributed by atoms with Crippen molar-refractivity contribution < 1.29 is 30.7 Å². The van der Waals surface area contributed by atoms with Crippen molar-refractivity contribution in [3.63, 3.8) is 0 Å². The van der Waals surface area contributed by atoms with Crippen LogP contribution in [0.1, 0.15) is 0 Å². The Labute approximate surface area is 178 Å². The molecule has 1 fully saturated rings. The van der Waals surface area contributed by atoms with Crippen LogP contribution >= 0.6 is 15.9 Å². The normalized spacial score (nSPS) is 15.9. The maximum Gasteiger partial charge on any atom is 0.270 e. The van der Waals surface area contributed by atoms with Gasteiger partial charge in [0.25, 0.3) is 15.8 Å². The molecule has 0 aliphatic carbocycles. The molecule has 0 saturated carbocycles. The maximum absolute atomic E-state index is 13.2. The van der Waals surface area contributed by atoms with Gasteiger partial charge >= 0.3 is 0 Å². The topological polar surface area (TPSA) is 136 Å². The van der Waals surface area contributed by atoms with Gasteiger partial charge in [0.05, 0.1) is 36.7 Å². The van der Waals surface area contributed by atoms with E-state index in [0.717, 1.165) is 12.3 Å². The van der Waals surface area contributed by atoms with E-state index in [0.29, 0.717) is 11.9 Å². The van der Waals surface area contributed by atoms with Gasteiger partial charge in [-0.05, 0) is 6.07 Å². The van der Waals surface area contributed by atoms with Gasteiger partial charge in [-0.1, -0.05) is 15.9 Å². The lowest BCUT2D eigenvalue weighted by Gasteiger charge is -2.30. The number of morpholine rings is 1. The Morgan fingerprint density at radius 1 is 1.24 bits per heavy atom. The van der Waals surface area contributed by atoms with Gasteiger partial charge in [0.2, 0.25) is 10.0 Å². The molecule has 164 valence electrons. The minimum absolute atomic E-state index is 0.0715. The molecule has 1 aliphatic rings. The van der Waals surface area contributed by atoms with Crippen LogP contribution in [0.2, 0.25) is 0 Å². The number of sulfonamides is 1. The average Bonchev–Trinajstić information content (AvgIpc) is 2.66. The third-order valence-corrected chi connectivity index (χ3v) is 6.97. The van der Waals surface area contributed by atoms with Gasteiger partial charge in [-0.2, -0.15) is 12.7 Å². The van der Waals surface area contributed by atoms with Gasteiger partial charge in [-0.3, -0.25) is 14.3 Å². The van der Waals surface area contributed by atoms with Crippen LogP contribution in [0.25, 0.3) is 0 Å². The van der Waals surface area contributed by atoms with Crippen molar-refractivity contribution in [3.05, 3.63) is 28.3 Å². The molecule has 0 atom stereocenters. The van der Waals surface area contributed by atoms with E-state index in [1.807, 2.05) is 0 Å². The van der Waals surface area contributed by atoms with Crippen LogP contribution in [0.4, 0.5) is 11.4 Å². The first-order chi connectivity index (χ1) is 13.6. The molecule has 0 amide bonds. The van der Waals surface area contributed by atoms with Gasteiger partial charge in [0.1, 0.15) is 4.90 Å². The molecule has 0 N–H and O–H groups in total. The van der Waals surface area contributed by atoms with Crippen LogP contribution < -0.4 is 4.90 Å². The molecule has 0 aromatic heterocycles. The number of ether oxygens (including phenoxy) is 1. The Morgan fingerprint density at radius 2 is 1.90 bits per heavy atom. The number of hydrogen-bond donors (Lipinski definition) is 0. The first kappa shape index (κ1) is 24.0. The molecule has 11 nitrogen and oxygen atoms in total. The molecule has 0 bridgehead atoms. The van der Waals surface area contributed by atoms with Gasteiger partial charge in [0, 0.05) is 43.6 Å². The fourth-order valence-electron chi connectivity index (χ4n) is 2.76. The molecule has 0 spiro atoms. The Hall–Kier alpha value is -1.32. The molecule has 1 saturated heterocycles. The van der Waals surface area contributed by atoms with E-state index in [2.05, 4.69) is 15.9 Å². The maximum atomic E-state index is 13.2. The number of nitro groups is 1. The smallest absolute Gasteiger partial charge is 0.270 e. The van der Waals surface area contributed by atoms with Crippen LogP contribution in [0.3, 0.4) is 0 Å². The zero-order valence-electron chi connectivity index (χ0n) is 15.7. The molecule has 0 radical (unpaired) electrons. The second-order valence-corrected chi connectivity index (χ2v) is 10.5. The van der Waals surface area contributed by atoms with Gasteiger partial charge in [-0.15, -0.1) is 0 Å². The van der Waals surface area contributed by atoms with E-state index >= 15 is 0 Å². The van der Waals surface area contributed by atoms with Gasteiger partial charge < -0.3 is 9.64 Å². The lowest BCUT2D eigenvalue weighted by Crippen LogP contribution is -2.41. The van der Waals surface area contributed by atoms with Crippen LogP contribution in [0.15, 0.2) is 23.1 Å². The fraction of sp³-hybridized carbons (Fsp3) is 0.600. The third kappa shape index (κ3) is 6.58. The molecule has 1 aromatic carbocycles. The summed E-state index contributed by atoms with van der Waals surface area (Å²) in [5.74, 6) is 0. The number of anilines is 1. The number of nitro benzene ring substituents is 1. The largest absolute Gasteiger partial charge is 0.379 e. The number of non-ortho nitro benzene ring substituents is 1. The average molecular weight is 516 g/mol. The van der Waals surface area contributed by atoms with E-state index in [1.54, 1.807) is 4.90 Å². The molecule has 1 heterocycles. The standard InChI is InChI=1S/C15H22BrN3O8S2/c1-28(22,23)27-11-6-17(5-4-16)14-3-2-13(19(20)21)12-15(14)29(24,25)18-7-9-26-10-8-18/h2-3,12H,4-11H2,1H3. The van der Waals surface area contributed by atoms with Gasteiger partial charge in [0.15, 0.2) is 0 Å². The Kier molecular flexibility index (Phi) is 8.37. The highest BCUT2D eigenvalue weighted by atomic mass is 79.9. The van der Waals surface area contributed by atoms with Crippen molar-refractivity contribution in [3.8, 4) is 0 Å². The molecule has 29 heavy (non-hydrogen) atoms. The summed E-state index contributed by atoms with van der Waals surface area (Å²) in [4.78, 5) is 11.9. The summed E-state index contributed by atoms with van der Waals surface area (Å²) in [5, 5.41) is 11.7. The summed E-state index contributed by atoms with van der Waals surface area (Å²) in [5.41, 5.74) is -0.120. The predicted molar refractivity (Wildman–Crippen MR) is 109 cm³/mol. The summed E-state index contributed by atoms with van der Waals surface area (Å²) >= 11 is 3.28. The zero-order valence-corrected chi connectivity index (χ0v) is 18.9. The van der Waals surface area contributed by atoms with E-state index in [4.69, 9.17) is 8.92 Å². The number of halogens is 1. The summed E-state index contributed by atoms with van der Waals surface area (Å²) in [6, 6.07) is 3.60. The summed E-state index contributed by atoms with van der Waals surface area (Å²) in [6.45, 7) is 0.951. The van der Waals surface area contributed by atoms with Crippen LogP contribution in [-0.2, 0) is 29.1 Å². The van der Waals surface area contributed by atoms with Crippen LogP contribution in [0.5, 0.6) is 0 Å². The lowest BCUT2D eigenvalue weighted by molar-refractivity contribution is -0.385.